The SMILES string of the molecule is C=C(C)c1c(C=O)cc(C)cc1CCC(C)=O. The van der Waals surface area contributed by atoms with Crippen LogP contribution >= 0.6 is 0 Å². The molecule has 0 bridgehead atoms. The Labute approximate surface area is 102 Å². The first-order chi connectivity index (χ1) is 7.95. The number of carbonyl (C=O) groups excluding carboxylic acids is 2. The normalized spacial score (nSPS) is 10.1. The molecule has 1 aromatic rings. The number of aldehydes is 1. The van der Waals surface area contributed by atoms with Gasteiger partial charge in [-0.2, -0.15) is 0 Å². The van der Waals surface area contributed by atoms with Crippen LogP contribution in [-0.4, -0.2) is 12.1 Å². The van der Waals surface area contributed by atoms with Crippen molar-refractivity contribution in [3.63, 3.8) is 0 Å². The van der Waals surface area contributed by atoms with Gasteiger partial charge >= 0.3 is 0 Å². The minimum absolute atomic E-state index is 0.159. The Morgan fingerprint density at radius 2 is 2.00 bits per heavy atom. The van der Waals surface area contributed by atoms with E-state index < -0.39 is 0 Å². The Kier molecular flexibility index (Phi) is 4.38. The third-order valence-electron chi connectivity index (χ3n) is 2.70. The lowest BCUT2D eigenvalue weighted by molar-refractivity contribution is -0.116. The highest BCUT2D eigenvalue weighted by atomic mass is 16.1. The molecule has 0 unspecified atom stereocenters. The highest BCUT2D eigenvalue weighted by Gasteiger charge is 2.10. The molecular formula is C15H18O2. The molecule has 0 N–H and O–H groups in total. The molecule has 2 nitrogen and oxygen atoms in total. The third kappa shape index (κ3) is 3.38. The quantitative estimate of drug-likeness (QED) is 0.727. The van der Waals surface area contributed by atoms with Gasteiger partial charge in [0, 0.05) is 12.0 Å². The van der Waals surface area contributed by atoms with Crippen LogP contribution in [0.15, 0.2) is 18.7 Å². The molecule has 0 aliphatic heterocycles. The van der Waals surface area contributed by atoms with Crippen molar-refractivity contribution in [3.8, 4) is 0 Å². The van der Waals surface area contributed by atoms with Crippen LogP contribution in [0.25, 0.3) is 5.57 Å². The van der Waals surface area contributed by atoms with Gasteiger partial charge in [0.15, 0.2) is 6.29 Å². The molecule has 0 saturated carbocycles. The standard InChI is InChI=1S/C15H18O2/c1-10(2)15-13(6-5-12(4)17)7-11(3)8-14(15)9-16/h7-9H,1,5-6H2,2-4H3. The first-order valence-corrected chi connectivity index (χ1v) is 5.69. The lowest BCUT2D eigenvalue weighted by Crippen LogP contribution is -2.02. The van der Waals surface area contributed by atoms with Crippen molar-refractivity contribution >= 4 is 17.6 Å². The van der Waals surface area contributed by atoms with Gasteiger partial charge < -0.3 is 4.79 Å². The molecular weight excluding hydrogens is 212 g/mol. The number of rotatable bonds is 5. The van der Waals surface area contributed by atoms with Gasteiger partial charge in [0.2, 0.25) is 0 Å². The van der Waals surface area contributed by atoms with E-state index in [2.05, 4.69) is 6.58 Å². The predicted octanol–water partition coefficient (Wildman–Crippen LogP) is 3.36. The van der Waals surface area contributed by atoms with E-state index in [9.17, 15) is 9.59 Å². The zero-order valence-electron chi connectivity index (χ0n) is 10.7. The van der Waals surface area contributed by atoms with Crippen LogP contribution in [0.3, 0.4) is 0 Å². The molecule has 17 heavy (non-hydrogen) atoms. The minimum atomic E-state index is 0.159. The lowest BCUT2D eigenvalue weighted by Gasteiger charge is -2.13. The molecule has 0 aliphatic carbocycles. The van der Waals surface area contributed by atoms with E-state index in [1.54, 1.807) is 6.92 Å². The summed E-state index contributed by atoms with van der Waals surface area (Å²) in [6.07, 6.45) is 2.02. The second kappa shape index (κ2) is 5.58. The number of hydrogen-bond acceptors (Lipinski definition) is 2. The van der Waals surface area contributed by atoms with Crippen LogP contribution in [0.2, 0.25) is 0 Å². The number of benzene rings is 1. The lowest BCUT2D eigenvalue weighted by atomic mass is 9.91. The molecule has 0 saturated heterocycles. The van der Waals surface area contributed by atoms with Crippen molar-refractivity contribution in [1.82, 2.24) is 0 Å². The van der Waals surface area contributed by atoms with E-state index in [1.807, 2.05) is 26.0 Å². The monoisotopic (exact) mass is 230 g/mol. The van der Waals surface area contributed by atoms with Crippen LogP contribution in [0, 0.1) is 6.92 Å². The summed E-state index contributed by atoms with van der Waals surface area (Å²) in [4.78, 5) is 22.1. The van der Waals surface area contributed by atoms with Crippen molar-refractivity contribution in [2.24, 2.45) is 0 Å². The second-order valence-corrected chi connectivity index (χ2v) is 4.49. The fourth-order valence-electron chi connectivity index (χ4n) is 2.01. The van der Waals surface area contributed by atoms with Crippen molar-refractivity contribution in [1.29, 1.82) is 0 Å². The smallest absolute Gasteiger partial charge is 0.150 e. The van der Waals surface area contributed by atoms with Gasteiger partial charge in [0.25, 0.3) is 0 Å². The Hall–Kier alpha value is -1.70. The highest BCUT2D eigenvalue weighted by molar-refractivity contribution is 5.86. The van der Waals surface area contributed by atoms with Gasteiger partial charge in [-0.15, -0.1) is 0 Å². The maximum atomic E-state index is 11.1. The van der Waals surface area contributed by atoms with Crippen LogP contribution in [0.1, 0.15) is 47.3 Å². The maximum Gasteiger partial charge on any atom is 0.150 e. The molecule has 0 heterocycles. The second-order valence-electron chi connectivity index (χ2n) is 4.49. The largest absolute Gasteiger partial charge is 0.300 e. The van der Waals surface area contributed by atoms with Gasteiger partial charge in [-0.3, -0.25) is 4.79 Å². The van der Waals surface area contributed by atoms with Crippen LogP contribution < -0.4 is 0 Å². The van der Waals surface area contributed by atoms with Gasteiger partial charge in [-0.05, 0) is 44.4 Å². The molecule has 0 aliphatic rings. The first kappa shape index (κ1) is 13.4. The molecule has 0 aromatic heterocycles. The number of Topliss-reactive ketones (excluding diaryl/α,β-unsaturated/α-hetero) is 1. The van der Waals surface area contributed by atoms with Crippen LogP contribution in [-0.2, 0) is 11.2 Å². The zero-order chi connectivity index (χ0) is 13.0. The summed E-state index contributed by atoms with van der Waals surface area (Å²) in [5.74, 6) is 0.159. The molecule has 1 aromatic carbocycles. The van der Waals surface area contributed by atoms with Crippen molar-refractivity contribution in [3.05, 3.63) is 41.0 Å². The zero-order valence-corrected chi connectivity index (χ0v) is 10.7. The average molecular weight is 230 g/mol. The molecule has 1 rings (SSSR count). The summed E-state index contributed by atoms with van der Waals surface area (Å²) in [5.41, 5.74) is 4.50. The predicted molar refractivity (Wildman–Crippen MR) is 70.3 cm³/mol. The molecule has 0 fully saturated rings. The molecule has 0 amide bonds. The van der Waals surface area contributed by atoms with Crippen LogP contribution in [0.4, 0.5) is 0 Å². The van der Waals surface area contributed by atoms with E-state index in [1.165, 1.54) is 0 Å². The summed E-state index contributed by atoms with van der Waals surface area (Å²) in [6.45, 7) is 9.32. The molecule has 0 spiro atoms. The summed E-state index contributed by atoms with van der Waals surface area (Å²) < 4.78 is 0. The van der Waals surface area contributed by atoms with E-state index in [4.69, 9.17) is 0 Å². The number of allylic oxidation sites excluding steroid dienone is 1. The summed E-state index contributed by atoms with van der Waals surface area (Å²) in [7, 11) is 0. The third-order valence-corrected chi connectivity index (χ3v) is 2.70. The fraction of sp³-hybridized carbons (Fsp3) is 0.333. The minimum Gasteiger partial charge on any atom is -0.300 e. The Bertz CT molecular complexity index is 470. The Morgan fingerprint density at radius 3 is 2.47 bits per heavy atom. The van der Waals surface area contributed by atoms with Gasteiger partial charge in [0.05, 0.1) is 0 Å². The summed E-state index contributed by atoms with van der Waals surface area (Å²) in [6, 6.07) is 3.88. The highest BCUT2D eigenvalue weighted by Crippen LogP contribution is 2.24. The Balaban J connectivity index is 3.25. The molecule has 0 atom stereocenters. The van der Waals surface area contributed by atoms with E-state index in [0.29, 0.717) is 18.4 Å². The average Bonchev–Trinajstić information content (AvgIpc) is 2.24. The Morgan fingerprint density at radius 1 is 1.35 bits per heavy atom. The topological polar surface area (TPSA) is 34.1 Å². The maximum absolute atomic E-state index is 11.1. The van der Waals surface area contributed by atoms with Crippen molar-refractivity contribution in [2.45, 2.75) is 33.6 Å². The number of carbonyl (C=O) groups is 2. The van der Waals surface area contributed by atoms with E-state index in [-0.39, 0.29) is 5.78 Å². The van der Waals surface area contributed by atoms with Crippen LogP contribution in [0.5, 0.6) is 0 Å². The van der Waals surface area contributed by atoms with E-state index in [0.717, 1.165) is 28.5 Å². The molecule has 2 heteroatoms. The summed E-state index contributed by atoms with van der Waals surface area (Å²) >= 11 is 0. The fourth-order valence-corrected chi connectivity index (χ4v) is 2.01. The van der Waals surface area contributed by atoms with Gasteiger partial charge in [-0.1, -0.05) is 23.8 Å². The summed E-state index contributed by atoms with van der Waals surface area (Å²) in [5, 5.41) is 0. The first-order valence-electron chi connectivity index (χ1n) is 5.69. The number of hydrogen-bond donors (Lipinski definition) is 0. The number of aryl methyl sites for hydroxylation is 2. The van der Waals surface area contributed by atoms with Crippen molar-refractivity contribution in [2.75, 3.05) is 0 Å². The van der Waals surface area contributed by atoms with Gasteiger partial charge in [0.1, 0.15) is 5.78 Å². The molecule has 90 valence electrons. The van der Waals surface area contributed by atoms with Crippen molar-refractivity contribution < 1.29 is 9.59 Å². The van der Waals surface area contributed by atoms with Gasteiger partial charge in [-0.25, -0.2) is 0 Å². The molecule has 0 radical (unpaired) electrons. The number of ketones is 1. The van der Waals surface area contributed by atoms with E-state index >= 15 is 0 Å².